The predicted molar refractivity (Wildman–Crippen MR) is 82.6 cm³/mol. The summed E-state index contributed by atoms with van der Waals surface area (Å²) in [4.78, 5) is 1.17. The van der Waals surface area contributed by atoms with Gasteiger partial charge in [-0.3, -0.25) is 0 Å². The Bertz CT molecular complexity index is 438. The highest BCUT2D eigenvalue weighted by atomic mass is 32.2. The topological polar surface area (TPSA) is 21.3 Å². The third kappa shape index (κ3) is 4.47. The van der Waals surface area contributed by atoms with Crippen LogP contribution in [0.25, 0.3) is 0 Å². The summed E-state index contributed by atoms with van der Waals surface area (Å²) in [6.45, 7) is 8.97. The lowest BCUT2D eigenvalue weighted by atomic mass is 10.2. The molecule has 2 nitrogen and oxygen atoms in total. The largest absolute Gasteiger partial charge is 0.377 e. The lowest BCUT2D eigenvalue weighted by Gasteiger charge is -2.17. The van der Waals surface area contributed by atoms with Crippen LogP contribution in [0, 0.1) is 11.7 Å². The highest BCUT2D eigenvalue weighted by Gasteiger charge is 2.25. The minimum absolute atomic E-state index is 0.161. The first kappa shape index (κ1) is 15.8. The molecule has 0 amide bonds. The van der Waals surface area contributed by atoms with Gasteiger partial charge in [-0.25, -0.2) is 4.39 Å². The van der Waals surface area contributed by atoms with E-state index in [1.165, 1.54) is 4.90 Å². The van der Waals surface area contributed by atoms with Crippen LogP contribution in [0.2, 0.25) is 0 Å². The maximum absolute atomic E-state index is 13.5. The van der Waals surface area contributed by atoms with Gasteiger partial charge in [0, 0.05) is 23.3 Å². The molecule has 0 aliphatic carbocycles. The van der Waals surface area contributed by atoms with Gasteiger partial charge in [-0.2, -0.15) is 0 Å². The highest BCUT2D eigenvalue weighted by molar-refractivity contribution is 8.00. The van der Waals surface area contributed by atoms with Crippen molar-refractivity contribution in [2.24, 2.45) is 5.92 Å². The Morgan fingerprint density at radius 3 is 2.90 bits per heavy atom. The van der Waals surface area contributed by atoms with Crippen molar-refractivity contribution in [2.75, 3.05) is 13.2 Å². The molecule has 0 bridgehead atoms. The second kappa shape index (κ2) is 7.43. The molecule has 1 aromatic rings. The summed E-state index contributed by atoms with van der Waals surface area (Å²) >= 11 is 1.82. The number of hydrogen-bond acceptors (Lipinski definition) is 3. The van der Waals surface area contributed by atoms with Gasteiger partial charge >= 0.3 is 0 Å². The Morgan fingerprint density at radius 2 is 2.25 bits per heavy atom. The van der Waals surface area contributed by atoms with E-state index in [1.807, 2.05) is 17.8 Å². The van der Waals surface area contributed by atoms with E-state index in [0.29, 0.717) is 11.2 Å². The van der Waals surface area contributed by atoms with Gasteiger partial charge in [0.05, 0.1) is 6.10 Å². The number of nitrogens with one attached hydrogen (secondary N) is 1. The summed E-state index contributed by atoms with van der Waals surface area (Å²) in [6, 6.07) is 5.10. The molecule has 1 aliphatic rings. The van der Waals surface area contributed by atoms with E-state index in [2.05, 4.69) is 26.1 Å². The summed E-state index contributed by atoms with van der Waals surface area (Å²) in [7, 11) is 0. The van der Waals surface area contributed by atoms with Crippen LogP contribution in [0.4, 0.5) is 4.39 Å². The monoisotopic (exact) mass is 297 g/mol. The number of rotatable bonds is 6. The normalized spacial score (nSPS) is 22.6. The van der Waals surface area contributed by atoms with Gasteiger partial charge in [-0.1, -0.05) is 13.8 Å². The first-order valence-electron chi connectivity index (χ1n) is 7.33. The molecular formula is C16H24FNOS. The molecular weight excluding hydrogens is 273 g/mol. The smallest absolute Gasteiger partial charge is 0.123 e. The van der Waals surface area contributed by atoms with Crippen LogP contribution in [0.3, 0.4) is 0 Å². The van der Waals surface area contributed by atoms with Gasteiger partial charge in [0.2, 0.25) is 0 Å². The number of thioether (sulfide) groups is 1. The molecule has 1 fully saturated rings. The molecule has 2 unspecified atom stereocenters. The predicted octanol–water partition coefficient (Wildman–Crippen LogP) is 3.84. The molecule has 1 aromatic carbocycles. The Labute approximate surface area is 125 Å². The Kier molecular flexibility index (Phi) is 5.87. The minimum atomic E-state index is -0.161. The standard InChI is InChI=1S/C16H24FNOS/c1-11(2)9-18-10-13-8-14(17)4-5-16(13)20-15-6-7-19-12(15)3/h4-5,8,11-12,15,18H,6-7,9-10H2,1-3H3. The quantitative estimate of drug-likeness (QED) is 0.862. The van der Waals surface area contributed by atoms with Crippen molar-refractivity contribution >= 4 is 11.8 Å². The van der Waals surface area contributed by atoms with Crippen molar-refractivity contribution in [3.63, 3.8) is 0 Å². The van der Waals surface area contributed by atoms with E-state index in [0.717, 1.165) is 31.7 Å². The third-order valence-electron chi connectivity index (χ3n) is 3.48. The van der Waals surface area contributed by atoms with Gasteiger partial charge in [-0.15, -0.1) is 11.8 Å². The van der Waals surface area contributed by atoms with E-state index in [-0.39, 0.29) is 11.9 Å². The van der Waals surface area contributed by atoms with Crippen molar-refractivity contribution in [2.45, 2.75) is 50.0 Å². The molecule has 1 aliphatic heterocycles. The third-order valence-corrected chi connectivity index (χ3v) is 5.05. The Hall–Kier alpha value is -0.580. The van der Waals surface area contributed by atoms with Gasteiger partial charge in [-0.05, 0) is 49.6 Å². The molecule has 112 valence electrons. The zero-order valence-electron chi connectivity index (χ0n) is 12.5. The zero-order chi connectivity index (χ0) is 14.5. The molecule has 1 N–H and O–H groups in total. The highest BCUT2D eigenvalue weighted by Crippen LogP contribution is 2.34. The SMILES string of the molecule is CC(C)CNCc1cc(F)ccc1SC1CCOC1C. The molecule has 2 rings (SSSR count). The van der Waals surface area contributed by atoms with Crippen LogP contribution in [-0.2, 0) is 11.3 Å². The molecule has 0 saturated carbocycles. The average molecular weight is 297 g/mol. The van der Waals surface area contributed by atoms with Crippen LogP contribution < -0.4 is 5.32 Å². The van der Waals surface area contributed by atoms with Crippen molar-refractivity contribution < 1.29 is 9.13 Å². The van der Waals surface area contributed by atoms with Crippen molar-refractivity contribution in [1.29, 1.82) is 0 Å². The fraction of sp³-hybridized carbons (Fsp3) is 0.625. The van der Waals surface area contributed by atoms with Crippen molar-refractivity contribution in [1.82, 2.24) is 5.32 Å². The zero-order valence-corrected chi connectivity index (χ0v) is 13.3. The van der Waals surface area contributed by atoms with E-state index in [4.69, 9.17) is 4.74 Å². The van der Waals surface area contributed by atoms with Crippen LogP contribution >= 0.6 is 11.8 Å². The number of halogens is 1. The van der Waals surface area contributed by atoms with E-state index in [9.17, 15) is 4.39 Å². The molecule has 1 saturated heterocycles. The summed E-state index contributed by atoms with van der Waals surface area (Å²) in [5, 5.41) is 3.87. The van der Waals surface area contributed by atoms with Crippen LogP contribution in [0.15, 0.2) is 23.1 Å². The molecule has 1 heterocycles. The number of benzene rings is 1. The maximum atomic E-state index is 13.5. The molecule has 0 radical (unpaired) electrons. The number of hydrogen-bond donors (Lipinski definition) is 1. The molecule has 4 heteroatoms. The summed E-state index contributed by atoms with van der Waals surface area (Å²) < 4.78 is 19.1. The lowest BCUT2D eigenvalue weighted by Crippen LogP contribution is -2.20. The fourth-order valence-corrected chi connectivity index (χ4v) is 3.57. The van der Waals surface area contributed by atoms with Crippen LogP contribution in [0.5, 0.6) is 0 Å². The first-order chi connectivity index (χ1) is 9.56. The first-order valence-corrected chi connectivity index (χ1v) is 8.21. The van der Waals surface area contributed by atoms with Gasteiger partial charge < -0.3 is 10.1 Å². The molecule has 2 atom stereocenters. The Balaban J connectivity index is 2.03. The van der Waals surface area contributed by atoms with Crippen LogP contribution in [0.1, 0.15) is 32.8 Å². The van der Waals surface area contributed by atoms with Crippen molar-refractivity contribution in [3.8, 4) is 0 Å². The summed E-state index contributed by atoms with van der Waals surface area (Å²) in [5.74, 6) is 0.439. The van der Waals surface area contributed by atoms with Crippen LogP contribution in [-0.4, -0.2) is 24.5 Å². The fourth-order valence-electron chi connectivity index (χ4n) is 2.33. The molecule has 20 heavy (non-hydrogen) atoms. The van der Waals surface area contributed by atoms with E-state index in [1.54, 1.807) is 12.1 Å². The lowest BCUT2D eigenvalue weighted by molar-refractivity contribution is 0.127. The second-order valence-corrected chi connectivity index (χ2v) is 7.08. The maximum Gasteiger partial charge on any atom is 0.123 e. The van der Waals surface area contributed by atoms with E-state index >= 15 is 0 Å². The van der Waals surface area contributed by atoms with Gasteiger partial charge in [0.1, 0.15) is 5.82 Å². The summed E-state index contributed by atoms with van der Waals surface area (Å²) in [6.07, 6.45) is 1.35. The Morgan fingerprint density at radius 1 is 1.45 bits per heavy atom. The number of ether oxygens (including phenoxy) is 1. The van der Waals surface area contributed by atoms with Gasteiger partial charge in [0.15, 0.2) is 0 Å². The summed E-state index contributed by atoms with van der Waals surface area (Å²) in [5.41, 5.74) is 1.05. The molecule has 0 spiro atoms. The van der Waals surface area contributed by atoms with E-state index < -0.39 is 0 Å². The minimum Gasteiger partial charge on any atom is -0.377 e. The molecule has 0 aromatic heterocycles. The second-order valence-electron chi connectivity index (χ2n) is 5.80. The average Bonchev–Trinajstić information content (AvgIpc) is 2.78. The van der Waals surface area contributed by atoms with Gasteiger partial charge in [0.25, 0.3) is 0 Å². The van der Waals surface area contributed by atoms with Crippen molar-refractivity contribution in [3.05, 3.63) is 29.6 Å².